The molecule has 3 rings (SSSR count). The number of thiophene rings is 1. The van der Waals surface area contributed by atoms with Crippen molar-refractivity contribution < 1.29 is 4.39 Å². The first-order valence-electron chi connectivity index (χ1n) is 6.47. The Hall–Kier alpha value is -0.710. The van der Waals surface area contributed by atoms with Crippen molar-refractivity contribution in [1.82, 2.24) is 5.32 Å². The van der Waals surface area contributed by atoms with Crippen molar-refractivity contribution in [3.63, 3.8) is 0 Å². The Morgan fingerprint density at radius 2 is 2.26 bits per heavy atom. The Morgan fingerprint density at radius 3 is 3.11 bits per heavy atom. The molecule has 1 aliphatic carbocycles. The fraction of sp³-hybridized carbons (Fsp3) is 0.333. The van der Waals surface area contributed by atoms with Gasteiger partial charge in [-0.2, -0.15) is 0 Å². The SMILES string of the molecule is Fc1ccc(CNC2CCCc3sccc32)c(Br)c1. The van der Waals surface area contributed by atoms with Crippen LogP contribution in [0.15, 0.2) is 34.1 Å². The van der Waals surface area contributed by atoms with Crippen molar-refractivity contribution in [3.05, 3.63) is 55.9 Å². The van der Waals surface area contributed by atoms with Crippen molar-refractivity contribution in [3.8, 4) is 0 Å². The summed E-state index contributed by atoms with van der Waals surface area (Å²) in [6.45, 7) is 0.765. The molecule has 1 nitrogen and oxygen atoms in total. The molecule has 1 atom stereocenters. The van der Waals surface area contributed by atoms with E-state index in [0.29, 0.717) is 6.04 Å². The molecule has 0 radical (unpaired) electrons. The largest absolute Gasteiger partial charge is 0.306 e. The molecule has 0 saturated heterocycles. The summed E-state index contributed by atoms with van der Waals surface area (Å²) in [5.41, 5.74) is 2.55. The molecule has 1 heterocycles. The third-order valence-electron chi connectivity index (χ3n) is 3.61. The van der Waals surface area contributed by atoms with Crippen LogP contribution in [0.2, 0.25) is 0 Å². The molecule has 100 valence electrons. The van der Waals surface area contributed by atoms with Crippen LogP contribution < -0.4 is 5.32 Å². The zero-order valence-corrected chi connectivity index (χ0v) is 12.9. The predicted octanol–water partition coefficient (Wildman–Crippen LogP) is 4.82. The van der Waals surface area contributed by atoms with Gasteiger partial charge in [-0.3, -0.25) is 0 Å². The standard InChI is InChI=1S/C15H15BrFNS/c16-13-8-11(17)5-4-10(13)9-18-14-2-1-3-15-12(14)6-7-19-15/h4-8,14,18H,1-3,9H2. The Morgan fingerprint density at radius 1 is 1.37 bits per heavy atom. The zero-order valence-electron chi connectivity index (χ0n) is 10.5. The molecule has 0 bridgehead atoms. The first kappa shape index (κ1) is 13.3. The van der Waals surface area contributed by atoms with Crippen LogP contribution in [0.25, 0.3) is 0 Å². The summed E-state index contributed by atoms with van der Waals surface area (Å²) < 4.78 is 13.9. The van der Waals surface area contributed by atoms with Gasteiger partial charge < -0.3 is 5.32 Å². The minimum absolute atomic E-state index is 0.201. The second-order valence-electron chi connectivity index (χ2n) is 4.86. The first-order valence-corrected chi connectivity index (χ1v) is 8.15. The first-order chi connectivity index (χ1) is 9.24. The van der Waals surface area contributed by atoms with Crippen LogP contribution in [0, 0.1) is 5.82 Å². The molecular formula is C15H15BrFNS. The molecule has 0 fully saturated rings. The lowest BCUT2D eigenvalue weighted by molar-refractivity contribution is 0.462. The van der Waals surface area contributed by atoms with Gasteiger partial charge in [0.25, 0.3) is 0 Å². The van der Waals surface area contributed by atoms with Gasteiger partial charge in [0.1, 0.15) is 5.82 Å². The number of hydrogen-bond acceptors (Lipinski definition) is 2. The Balaban J connectivity index is 1.71. The summed E-state index contributed by atoms with van der Waals surface area (Å²) in [5.74, 6) is -0.201. The van der Waals surface area contributed by atoms with E-state index in [1.165, 1.54) is 41.8 Å². The second kappa shape index (κ2) is 5.73. The number of fused-ring (bicyclic) bond motifs is 1. The van der Waals surface area contributed by atoms with E-state index in [-0.39, 0.29) is 5.82 Å². The highest BCUT2D eigenvalue weighted by Crippen LogP contribution is 2.33. The lowest BCUT2D eigenvalue weighted by atomic mass is 9.94. The van der Waals surface area contributed by atoms with E-state index in [1.807, 2.05) is 17.4 Å². The summed E-state index contributed by atoms with van der Waals surface area (Å²) in [6, 6.07) is 7.54. The highest BCUT2D eigenvalue weighted by Gasteiger charge is 2.20. The normalized spacial score (nSPS) is 18.3. The molecule has 1 aromatic heterocycles. The topological polar surface area (TPSA) is 12.0 Å². The molecule has 19 heavy (non-hydrogen) atoms. The fourth-order valence-electron chi connectivity index (χ4n) is 2.60. The van der Waals surface area contributed by atoms with Gasteiger partial charge in [0, 0.05) is 21.9 Å². The molecular weight excluding hydrogens is 325 g/mol. The van der Waals surface area contributed by atoms with Crippen LogP contribution in [0.5, 0.6) is 0 Å². The van der Waals surface area contributed by atoms with E-state index in [9.17, 15) is 4.39 Å². The van der Waals surface area contributed by atoms with Crippen molar-refractivity contribution in [2.45, 2.75) is 31.8 Å². The van der Waals surface area contributed by atoms with Crippen LogP contribution in [-0.4, -0.2) is 0 Å². The number of nitrogens with one attached hydrogen (secondary N) is 1. The lowest BCUT2D eigenvalue weighted by Gasteiger charge is -2.24. The highest BCUT2D eigenvalue weighted by molar-refractivity contribution is 9.10. The number of rotatable bonds is 3. The number of halogens is 2. The summed E-state index contributed by atoms with van der Waals surface area (Å²) in [5, 5.41) is 5.77. The minimum atomic E-state index is -0.201. The average Bonchev–Trinajstić information content (AvgIpc) is 2.86. The van der Waals surface area contributed by atoms with Crippen LogP contribution in [-0.2, 0) is 13.0 Å². The van der Waals surface area contributed by atoms with Gasteiger partial charge in [0.05, 0.1) is 0 Å². The molecule has 1 aliphatic rings. The van der Waals surface area contributed by atoms with E-state index in [2.05, 4.69) is 32.7 Å². The second-order valence-corrected chi connectivity index (χ2v) is 6.72. The van der Waals surface area contributed by atoms with Gasteiger partial charge in [0.2, 0.25) is 0 Å². The third kappa shape index (κ3) is 2.91. The van der Waals surface area contributed by atoms with Gasteiger partial charge in [0.15, 0.2) is 0 Å². The predicted molar refractivity (Wildman–Crippen MR) is 80.9 cm³/mol. The van der Waals surface area contributed by atoms with Gasteiger partial charge in [-0.05, 0) is 54.0 Å². The van der Waals surface area contributed by atoms with E-state index < -0.39 is 0 Å². The molecule has 1 aromatic carbocycles. The summed E-state index contributed by atoms with van der Waals surface area (Å²) in [6.07, 6.45) is 3.64. The van der Waals surface area contributed by atoms with Gasteiger partial charge in [-0.15, -0.1) is 11.3 Å². The number of benzene rings is 1. The molecule has 0 aliphatic heterocycles. The Labute approximate surface area is 125 Å². The van der Waals surface area contributed by atoms with Crippen molar-refractivity contribution in [1.29, 1.82) is 0 Å². The molecule has 0 amide bonds. The maximum Gasteiger partial charge on any atom is 0.124 e. The minimum Gasteiger partial charge on any atom is -0.306 e. The van der Waals surface area contributed by atoms with Crippen LogP contribution >= 0.6 is 27.3 Å². The van der Waals surface area contributed by atoms with Gasteiger partial charge in [-0.1, -0.05) is 22.0 Å². The molecule has 0 spiro atoms. The lowest BCUT2D eigenvalue weighted by Crippen LogP contribution is -2.24. The Kier molecular flexibility index (Phi) is 4.01. The van der Waals surface area contributed by atoms with E-state index in [0.717, 1.165) is 16.6 Å². The average molecular weight is 340 g/mol. The van der Waals surface area contributed by atoms with Crippen molar-refractivity contribution in [2.24, 2.45) is 0 Å². The zero-order chi connectivity index (χ0) is 13.2. The van der Waals surface area contributed by atoms with Gasteiger partial charge >= 0.3 is 0 Å². The van der Waals surface area contributed by atoms with E-state index in [4.69, 9.17) is 0 Å². The smallest absolute Gasteiger partial charge is 0.124 e. The summed E-state index contributed by atoms with van der Waals surface area (Å²) >= 11 is 5.28. The molecule has 4 heteroatoms. The van der Waals surface area contributed by atoms with E-state index >= 15 is 0 Å². The Bertz CT molecular complexity index is 581. The molecule has 1 N–H and O–H groups in total. The van der Waals surface area contributed by atoms with Crippen molar-refractivity contribution >= 4 is 27.3 Å². The summed E-state index contributed by atoms with van der Waals surface area (Å²) in [4.78, 5) is 1.52. The summed E-state index contributed by atoms with van der Waals surface area (Å²) in [7, 11) is 0. The fourth-order valence-corrected chi connectivity index (χ4v) is 4.08. The maximum atomic E-state index is 13.0. The molecule has 0 saturated carbocycles. The molecule has 1 unspecified atom stereocenters. The van der Waals surface area contributed by atoms with Crippen molar-refractivity contribution in [2.75, 3.05) is 0 Å². The quantitative estimate of drug-likeness (QED) is 0.845. The van der Waals surface area contributed by atoms with Crippen LogP contribution in [0.3, 0.4) is 0 Å². The monoisotopic (exact) mass is 339 g/mol. The van der Waals surface area contributed by atoms with Crippen LogP contribution in [0.1, 0.15) is 34.9 Å². The highest BCUT2D eigenvalue weighted by atomic mass is 79.9. The van der Waals surface area contributed by atoms with Crippen LogP contribution in [0.4, 0.5) is 4.39 Å². The number of aryl methyl sites for hydroxylation is 1. The van der Waals surface area contributed by atoms with Gasteiger partial charge in [-0.25, -0.2) is 4.39 Å². The molecule has 2 aromatic rings. The third-order valence-corrected chi connectivity index (χ3v) is 5.34. The van der Waals surface area contributed by atoms with E-state index in [1.54, 1.807) is 0 Å². The maximum absolute atomic E-state index is 13.0. The number of hydrogen-bond donors (Lipinski definition) is 1.